The third-order valence-corrected chi connectivity index (χ3v) is 4.37. The number of carbonyl (C=O) groups is 1. The van der Waals surface area contributed by atoms with Crippen LogP contribution in [0.15, 0.2) is 60.0 Å². The molecule has 1 N–H and O–H groups in total. The van der Waals surface area contributed by atoms with Crippen molar-refractivity contribution in [2.45, 2.75) is 27.2 Å². The van der Waals surface area contributed by atoms with Gasteiger partial charge >= 0.3 is 0 Å². The zero-order chi connectivity index (χ0) is 18.5. The number of pyridine rings is 1. The van der Waals surface area contributed by atoms with E-state index in [0.717, 1.165) is 29.1 Å². The first-order chi connectivity index (χ1) is 12.6. The molecule has 0 aliphatic rings. The number of aryl methyl sites for hydroxylation is 2. The summed E-state index contributed by atoms with van der Waals surface area (Å²) in [6.07, 6.45) is 5.84. The molecular formula is C21H22N4O. The Labute approximate surface area is 153 Å². The summed E-state index contributed by atoms with van der Waals surface area (Å²) in [5.41, 5.74) is 8.61. The van der Waals surface area contributed by atoms with Crippen LogP contribution in [0.25, 0.3) is 5.69 Å². The number of hydrazone groups is 1. The molecule has 0 saturated heterocycles. The highest BCUT2D eigenvalue weighted by molar-refractivity contribution is 5.94. The van der Waals surface area contributed by atoms with Gasteiger partial charge in [-0.25, -0.2) is 5.43 Å². The second kappa shape index (κ2) is 7.78. The quantitative estimate of drug-likeness (QED) is 0.564. The highest BCUT2D eigenvalue weighted by Gasteiger charge is 2.10. The number of rotatable bonds is 5. The highest BCUT2D eigenvalue weighted by Crippen LogP contribution is 2.20. The summed E-state index contributed by atoms with van der Waals surface area (Å²) in [5, 5.41) is 4.09. The fraction of sp³-hybridized carbons (Fsp3) is 0.190. The first kappa shape index (κ1) is 17.6. The lowest BCUT2D eigenvalue weighted by molar-refractivity contribution is 0.0955. The molecule has 132 valence electrons. The van der Waals surface area contributed by atoms with E-state index < -0.39 is 0 Å². The third kappa shape index (κ3) is 3.72. The van der Waals surface area contributed by atoms with Crippen molar-refractivity contribution >= 4 is 12.1 Å². The Morgan fingerprint density at radius 3 is 2.65 bits per heavy atom. The summed E-state index contributed by atoms with van der Waals surface area (Å²) in [6, 6.07) is 14.0. The molecule has 2 heterocycles. The molecular weight excluding hydrogens is 324 g/mol. The summed E-state index contributed by atoms with van der Waals surface area (Å²) in [7, 11) is 0. The molecule has 0 fully saturated rings. The van der Waals surface area contributed by atoms with Gasteiger partial charge in [0.1, 0.15) is 0 Å². The smallest absolute Gasteiger partial charge is 0.272 e. The van der Waals surface area contributed by atoms with Crippen molar-refractivity contribution in [3.8, 4) is 5.69 Å². The molecule has 1 aromatic carbocycles. The molecule has 0 bridgehead atoms. The van der Waals surface area contributed by atoms with Gasteiger partial charge in [0.15, 0.2) is 0 Å². The van der Waals surface area contributed by atoms with Gasteiger partial charge < -0.3 is 4.57 Å². The van der Waals surface area contributed by atoms with E-state index in [-0.39, 0.29) is 5.91 Å². The maximum Gasteiger partial charge on any atom is 0.272 e. The standard InChI is InChI=1S/C21H22N4O/c1-4-17-7-9-20(10-8-17)25-15(2)12-19(16(25)3)14-23-24-21(26)18-6-5-11-22-13-18/h5-14H,4H2,1-3H3,(H,24,26). The predicted octanol–water partition coefficient (Wildman–Crippen LogP) is 3.82. The maximum absolute atomic E-state index is 12.0. The van der Waals surface area contributed by atoms with E-state index >= 15 is 0 Å². The highest BCUT2D eigenvalue weighted by atomic mass is 16.2. The van der Waals surface area contributed by atoms with Crippen LogP contribution >= 0.6 is 0 Å². The van der Waals surface area contributed by atoms with Gasteiger partial charge in [-0.05, 0) is 56.2 Å². The largest absolute Gasteiger partial charge is 0.318 e. The number of nitrogens with zero attached hydrogens (tertiary/aromatic N) is 3. The van der Waals surface area contributed by atoms with Crippen molar-refractivity contribution in [1.82, 2.24) is 15.0 Å². The summed E-state index contributed by atoms with van der Waals surface area (Å²) >= 11 is 0. The lowest BCUT2D eigenvalue weighted by Crippen LogP contribution is -2.17. The van der Waals surface area contributed by atoms with E-state index in [0.29, 0.717) is 5.56 Å². The SMILES string of the molecule is CCc1ccc(-n2c(C)cc(C=NNC(=O)c3cccnc3)c2C)cc1. The van der Waals surface area contributed by atoms with Gasteiger partial charge in [-0.1, -0.05) is 19.1 Å². The van der Waals surface area contributed by atoms with Crippen molar-refractivity contribution in [3.63, 3.8) is 0 Å². The number of nitrogens with one attached hydrogen (secondary N) is 1. The molecule has 1 amide bonds. The van der Waals surface area contributed by atoms with Crippen LogP contribution < -0.4 is 5.43 Å². The average Bonchev–Trinajstić information content (AvgIpc) is 2.96. The zero-order valence-electron chi connectivity index (χ0n) is 15.2. The number of benzene rings is 1. The molecule has 0 spiro atoms. The summed E-state index contributed by atoms with van der Waals surface area (Å²) < 4.78 is 2.18. The Morgan fingerprint density at radius 1 is 1.23 bits per heavy atom. The molecule has 0 aliphatic carbocycles. The second-order valence-electron chi connectivity index (χ2n) is 6.12. The molecule has 0 atom stereocenters. The minimum Gasteiger partial charge on any atom is -0.318 e. The summed E-state index contributed by atoms with van der Waals surface area (Å²) in [4.78, 5) is 15.9. The second-order valence-corrected chi connectivity index (χ2v) is 6.12. The lowest BCUT2D eigenvalue weighted by Gasteiger charge is -2.10. The Kier molecular flexibility index (Phi) is 5.27. The average molecular weight is 346 g/mol. The third-order valence-electron chi connectivity index (χ3n) is 4.37. The monoisotopic (exact) mass is 346 g/mol. The van der Waals surface area contributed by atoms with Crippen LogP contribution in [-0.2, 0) is 6.42 Å². The lowest BCUT2D eigenvalue weighted by atomic mass is 10.1. The van der Waals surface area contributed by atoms with E-state index in [1.165, 1.54) is 11.8 Å². The minimum absolute atomic E-state index is 0.279. The van der Waals surface area contributed by atoms with Gasteiger partial charge in [0, 0.05) is 35.0 Å². The molecule has 26 heavy (non-hydrogen) atoms. The molecule has 5 nitrogen and oxygen atoms in total. The number of amides is 1. The predicted molar refractivity (Wildman–Crippen MR) is 104 cm³/mol. The molecule has 0 unspecified atom stereocenters. The topological polar surface area (TPSA) is 59.3 Å². The van der Waals surface area contributed by atoms with Gasteiger partial charge in [-0.15, -0.1) is 0 Å². The Bertz CT molecular complexity index is 925. The van der Waals surface area contributed by atoms with Crippen LogP contribution in [0, 0.1) is 13.8 Å². The van der Waals surface area contributed by atoms with E-state index in [1.807, 2.05) is 6.92 Å². The number of carbonyl (C=O) groups excluding carboxylic acids is 1. The summed E-state index contributed by atoms with van der Waals surface area (Å²) in [6.45, 7) is 6.26. The molecule has 0 aliphatic heterocycles. The fourth-order valence-corrected chi connectivity index (χ4v) is 2.92. The van der Waals surface area contributed by atoms with Crippen molar-refractivity contribution in [3.05, 3.63) is 82.9 Å². The van der Waals surface area contributed by atoms with Gasteiger partial charge in [0.05, 0.1) is 11.8 Å². The van der Waals surface area contributed by atoms with E-state index in [4.69, 9.17) is 0 Å². The van der Waals surface area contributed by atoms with Gasteiger partial charge in [-0.3, -0.25) is 9.78 Å². The normalized spacial score (nSPS) is 11.0. The molecule has 0 radical (unpaired) electrons. The Hall–Kier alpha value is -3.21. The Morgan fingerprint density at radius 2 is 2.00 bits per heavy atom. The molecule has 0 saturated carbocycles. The van der Waals surface area contributed by atoms with Crippen molar-refractivity contribution < 1.29 is 4.79 Å². The van der Waals surface area contributed by atoms with E-state index in [9.17, 15) is 4.79 Å². The fourth-order valence-electron chi connectivity index (χ4n) is 2.92. The number of hydrogen-bond acceptors (Lipinski definition) is 3. The van der Waals surface area contributed by atoms with Crippen LogP contribution in [0.3, 0.4) is 0 Å². The van der Waals surface area contributed by atoms with Crippen LogP contribution in [-0.4, -0.2) is 21.7 Å². The summed E-state index contributed by atoms with van der Waals surface area (Å²) in [5.74, 6) is -0.279. The zero-order valence-corrected chi connectivity index (χ0v) is 15.2. The van der Waals surface area contributed by atoms with Crippen LogP contribution in [0.5, 0.6) is 0 Å². The van der Waals surface area contributed by atoms with Gasteiger partial charge in [0.2, 0.25) is 0 Å². The number of aromatic nitrogens is 2. The first-order valence-corrected chi connectivity index (χ1v) is 8.62. The molecule has 3 rings (SSSR count). The molecule has 2 aromatic heterocycles. The van der Waals surface area contributed by atoms with Crippen molar-refractivity contribution in [2.75, 3.05) is 0 Å². The molecule has 5 heteroatoms. The van der Waals surface area contributed by atoms with Crippen molar-refractivity contribution in [2.24, 2.45) is 5.10 Å². The van der Waals surface area contributed by atoms with Gasteiger partial charge in [0.25, 0.3) is 5.91 Å². The maximum atomic E-state index is 12.0. The van der Waals surface area contributed by atoms with Gasteiger partial charge in [-0.2, -0.15) is 5.10 Å². The van der Waals surface area contributed by atoms with E-state index in [1.54, 1.807) is 24.5 Å². The Balaban J connectivity index is 1.78. The van der Waals surface area contributed by atoms with Crippen molar-refractivity contribution in [1.29, 1.82) is 0 Å². The number of hydrogen-bond donors (Lipinski definition) is 1. The minimum atomic E-state index is -0.279. The van der Waals surface area contributed by atoms with E-state index in [2.05, 4.69) is 64.3 Å². The molecule has 3 aromatic rings. The van der Waals surface area contributed by atoms with Crippen LogP contribution in [0.1, 0.15) is 39.8 Å². The first-order valence-electron chi connectivity index (χ1n) is 8.62. The van der Waals surface area contributed by atoms with Crippen LogP contribution in [0.4, 0.5) is 0 Å². The van der Waals surface area contributed by atoms with Crippen LogP contribution in [0.2, 0.25) is 0 Å².